The first-order chi connectivity index (χ1) is 9.63. The van der Waals surface area contributed by atoms with Crippen molar-refractivity contribution in [3.05, 3.63) is 36.0 Å². The summed E-state index contributed by atoms with van der Waals surface area (Å²) in [5, 5.41) is 9.76. The van der Waals surface area contributed by atoms with Crippen molar-refractivity contribution in [1.82, 2.24) is 9.88 Å². The van der Waals surface area contributed by atoms with Crippen LogP contribution in [0.2, 0.25) is 0 Å². The number of pyridine rings is 1. The molecule has 104 valence electrons. The molecule has 20 heavy (non-hydrogen) atoms. The SMILES string of the molecule is CC(C)N(CCC#N)Cc1ccc(N)c2cccnc12. The molecule has 0 saturated heterocycles. The maximum Gasteiger partial charge on any atom is 0.0767 e. The van der Waals surface area contributed by atoms with Crippen molar-refractivity contribution in [3.63, 3.8) is 0 Å². The Balaban J connectivity index is 2.33. The zero-order valence-electron chi connectivity index (χ0n) is 12.0. The average molecular weight is 268 g/mol. The van der Waals surface area contributed by atoms with E-state index >= 15 is 0 Å². The van der Waals surface area contributed by atoms with Gasteiger partial charge in [-0.15, -0.1) is 0 Å². The third-order valence-electron chi connectivity index (χ3n) is 3.50. The van der Waals surface area contributed by atoms with Crippen LogP contribution in [0.25, 0.3) is 10.9 Å². The van der Waals surface area contributed by atoms with Crippen molar-refractivity contribution in [2.75, 3.05) is 12.3 Å². The van der Waals surface area contributed by atoms with Crippen molar-refractivity contribution in [2.45, 2.75) is 32.9 Å². The second kappa shape index (κ2) is 6.36. The molecular weight excluding hydrogens is 248 g/mol. The van der Waals surface area contributed by atoms with Crippen molar-refractivity contribution >= 4 is 16.6 Å². The van der Waals surface area contributed by atoms with Crippen LogP contribution >= 0.6 is 0 Å². The molecule has 1 aromatic carbocycles. The van der Waals surface area contributed by atoms with Crippen LogP contribution in [0.1, 0.15) is 25.8 Å². The van der Waals surface area contributed by atoms with E-state index in [4.69, 9.17) is 11.0 Å². The number of fused-ring (bicyclic) bond motifs is 1. The summed E-state index contributed by atoms with van der Waals surface area (Å²) in [5.41, 5.74) is 8.86. The zero-order chi connectivity index (χ0) is 14.5. The summed E-state index contributed by atoms with van der Waals surface area (Å²) in [6, 6.07) is 10.5. The first-order valence-corrected chi connectivity index (χ1v) is 6.86. The van der Waals surface area contributed by atoms with Gasteiger partial charge >= 0.3 is 0 Å². The van der Waals surface area contributed by atoms with Gasteiger partial charge in [-0.3, -0.25) is 9.88 Å². The highest BCUT2D eigenvalue weighted by Gasteiger charge is 2.13. The molecule has 0 unspecified atom stereocenters. The Kier molecular flexibility index (Phi) is 4.54. The molecular formula is C16H20N4. The normalized spacial score (nSPS) is 11.2. The molecule has 4 heteroatoms. The van der Waals surface area contributed by atoms with Gasteiger partial charge in [-0.25, -0.2) is 0 Å². The Morgan fingerprint density at radius 3 is 2.85 bits per heavy atom. The van der Waals surface area contributed by atoms with Crippen LogP contribution in [-0.4, -0.2) is 22.5 Å². The second-order valence-electron chi connectivity index (χ2n) is 5.19. The Morgan fingerprint density at radius 2 is 2.15 bits per heavy atom. The lowest BCUT2D eigenvalue weighted by atomic mass is 10.1. The Morgan fingerprint density at radius 1 is 1.35 bits per heavy atom. The Hall–Kier alpha value is -2.12. The van der Waals surface area contributed by atoms with Crippen LogP contribution in [0.15, 0.2) is 30.5 Å². The van der Waals surface area contributed by atoms with E-state index < -0.39 is 0 Å². The summed E-state index contributed by atoms with van der Waals surface area (Å²) < 4.78 is 0. The van der Waals surface area contributed by atoms with E-state index in [1.165, 1.54) is 0 Å². The van der Waals surface area contributed by atoms with Gasteiger partial charge in [-0.2, -0.15) is 5.26 Å². The lowest BCUT2D eigenvalue weighted by molar-refractivity contribution is 0.218. The van der Waals surface area contributed by atoms with Crippen LogP contribution in [0.5, 0.6) is 0 Å². The summed E-state index contributed by atoms with van der Waals surface area (Å²) in [6.07, 6.45) is 2.33. The lowest BCUT2D eigenvalue weighted by Crippen LogP contribution is -2.31. The largest absolute Gasteiger partial charge is 0.398 e. The predicted molar refractivity (Wildman–Crippen MR) is 81.9 cm³/mol. The maximum atomic E-state index is 8.77. The van der Waals surface area contributed by atoms with Crippen LogP contribution in [0, 0.1) is 11.3 Å². The number of hydrogen-bond acceptors (Lipinski definition) is 4. The molecule has 2 rings (SSSR count). The highest BCUT2D eigenvalue weighted by atomic mass is 15.1. The van der Waals surface area contributed by atoms with E-state index in [0.29, 0.717) is 12.5 Å². The highest BCUT2D eigenvalue weighted by molar-refractivity contribution is 5.92. The quantitative estimate of drug-likeness (QED) is 0.847. The number of benzene rings is 1. The van der Waals surface area contributed by atoms with Gasteiger partial charge in [0.15, 0.2) is 0 Å². The topological polar surface area (TPSA) is 65.9 Å². The number of nitrogen functional groups attached to an aromatic ring is 1. The van der Waals surface area contributed by atoms with Gasteiger partial charge in [0.25, 0.3) is 0 Å². The van der Waals surface area contributed by atoms with E-state index in [9.17, 15) is 0 Å². The summed E-state index contributed by atoms with van der Waals surface area (Å²) in [5.74, 6) is 0. The fourth-order valence-corrected chi connectivity index (χ4v) is 2.31. The van der Waals surface area contributed by atoms with Crippen molar-refractivity contribution < 1.29 is 0 Å². The molecule has 0 radical (unpaired) electrons. The van der Waals surface area contributed by atoms with E-state index in [1.807, 2.05) is 24.3 Å². The molecule has 0 spiro atoms. The van der Waals surface area contributed by atoms with Gasteiger partial charge in [0.2, 0.25) is 0 Å². The molecule has 0 saturated carbocycles. The summed E-state index contributed by atoms with van der Waals surface area (Å²) in [4.78, 5) is 6.74. The molecule has 0 fully saturated rings. The minimum Gasteiger partial charge on any atom is -0.398 e. The number of nitrogens with two attached hydrogens (primary N) is 1. The first-order valence-electron chi connectivity index (χ1n) is 6.86. The fraction of sp³-hybridized carbons (Fsp3) is 0.375. The number of nitriles is 1. The van der Waals surface area contributed by atoms with E-state index in [0.717, 1.165) is 35.2 Å². The van der Waals surface area contributed by atoms with Gasteiger partial charge in [0.05, 0.1) is 11.6 Å². The van der Waals surface area contributed by atoms with Gasteiger partial charge in [-0.1, -0.05) is 6.07 Å². The second-order valence-corrected chi connectivity index (χ2v) is 5.19. The Bertz CT molecular complexity index is 628. The number of nitrogens with zero attached hydrogens (tertiary/aromatic N) is 3. The fourth-order valence-electron chi connectivity index (χ4n) is 2.31. The highest BCUT2D eigenvalue weighted by Crippen LogP contribution is 2.24. The monoisotopic (exact) mass is 268 g/mol. The minimum atomic E-state index is 0.389. The van der Waals surface area contributed by atoms with Crippen LogP contribution in [0.3, 0.4) is 0 Å². The molecule has 2 N–H and O–H groups in total. The van der Waals surface area contributed by atoms with Gasteiger partial charge in [0, 0.05) is 42.8 Å². The Labute approximate surface area is 119 Å². The zero-order valence-corrected chi connectivity index (χ0v) is 12.0. The number of aromatic nitrogens is 1. The molecule has 0 aliphatic heterocycles. The third-order valence-corrected chi connectivity index (χ3v) is 3.50. The summed E-state index contributed by atoms with van der Waals surface area (Å²) in [6.45, 7) is 5.84. The van der Waals surface area contributed by atoms with Crippen molar-refractivity contribution in [3.8, 4) is 6.07 Å². The van der Waals surface area contributed by atoms with E-state index in [2.05, 4.69) is 29.8 Å². The van der Waals surface area contributed by atoms with Gasteiger partial charge in [-0.05, 0) is 37.6 Å². The minimum absolute atomic E-state index is 0.389. The van der Waals surface area contributed by atoms with E-state index in [1.54, 1.807) is 6.20 Å². The predicted octanol–water partition coefficient (Wildman–Crippen LogP) is 2.94. The number of hydrogen-bond donors (Lipinski definition) is 1. The molecule has 1 heterocycles. The molecule has 0 atom stereocenters. The van der Waals surface area contributed by atoms with E-state index in [-0.39, 0.29) is 0 Å². The molecule has 2 aromatic rings. The molecule has 0 aliphatic rings. The molecule has 1 aromatic heterocycles. The summed E-state index contributed by atoms with van der Waals surface area (Å²) >= 11 is 0. The standard InChI is InChI=1S/C16H20N4/c1-12(2)20(10-4-8-17)11-13-6-7-15(18)14-5-3-9-19-16(13)14/h3,5-7,9,12H,4,10-11,18H2,1-2H3. The average Bonchev–Trinajstić information content (AvgIpc) is 2.45. The van der Waals surface area contributed by atoms with Crippen molar-refractivity contribution in [1.29, 1.82) is 5.26 Å². The van der Waals surface area contributed by atoms with Crippen LogP contribution < -0.4 is 5.73 Å². The van der Waals surface area contributed by atoms with Gasteiger partial charge in [0.1, 0.15) is 0 Å². The molecule has 0 aliphatic carbocycles. The van der Waals surface area contributed by atoms with Crippen LogP contribution in [0.4, 0.5) is 5.69 Å². The smallest absolute Gasteiger partial charge is 0.0767 e. The van der Waals surface area contributed by atoms with Crippen molar-refractivity contribution in [2.24, 2.45) is 0 Å². The maximum absolute atomic E-state index is 8.77. The first kappa shape index (κ1) is 14.3. The number of rotatable bonds is 5. The lowest BCUT2D eigenvalue weighted by Gasteiger charge is -2.26. The number of anilines is 1. The summed E-state index contributed by atoms with van der Waals surface area (Å²) in [7, 11) is 0. The molecule has 0 bridgehead atoms. The van der Waals surface area contributed by atoms with Gasteiger partial charge < -0.3 is 5.73 Å². The third kappa shape index (κ3) is 3.06. The molecule has 0 amide bonds. The van der Waals surface area contributed by atoms with Crippen LogP contribution in [-0.2, 0) is 6.54 Å². The molecule has 4 nitrogen and oxygen atoms in total.